The van der Waals surface area contributed by atoms with Gasteiger partial charge in [-0.2, -0.15) is 0 Å². The van der Waals surface area contributed by atoms with E-state index in [1.54, 1.807) is 6.07 Å². The quantitative estimate of drug-likeness (QED) is 0.657. The molecule has 0 nitrogen and oxygen atoms in total. The molecule has 15 heavy (non-hydrogen) atoms. The highest BCUT2D eigenvalue weighted by atomic mass is 127. The smallest absolute Gasteiger partial charge is 0.136 e. The number of halogens is 2. The Hall–Kier alpha value is -0.120. The van der Waals surface area contributed by atoms with Crippen LogP contribution in [0.2, 0.25) is 0 Å². The van der Waals surface area contributed by atoms with E-state index in [0.29, 0.717) is 5.92 Å². The first-order chi connectivity index (χ1) is 7.16. The van der Waals surface area contributed by atoms with Crippen LogP contribution in [0.15, 0.2) is 18.2 Å². The molecule has 1 aliphatic carbocycles. The molecule has 0 spiro atoms. The maximum absolute atomic E-state index is 13.1. The lowest BCUT2D eigenvalue weighted by Gasteiger charge is -2.26. The standard InChI is InChI=1S/C13H16FI/c1-9-2-4-10(5-3-9)11-6-7-12(14)13(15)8-11/h6-10H,2-5H2,1H3. The average Bonchev–Trinajstić information content (AvgIpc) is 2.23. The second-order valence-corrected chi connectivity index (χ2v) is 5.79. The van der Waals surface area contributed by atoms with E-state index in [4.69, 9.17) is 0 Å². The Morgan fingerprint density at radius 3 is 2.47 bits per heavy atom. The third kappa shape index (κ3) is 2.71. The summed E-state index contributed by atoms with van der Waals surface area (Å²) in [6.07, 6.45) is 5.17. The van der Waals surface area contributed by atoms with E-state index in [2.05, 4.69) is 29.5 Å². The zero-order valence-corrected chi connectivity index (χ0v) is 11.1. The van der Waals surface area contributed by atoms with E-state index in [1.807, 2.05) is 12.1 Å². The van der Waals surface area contributed by atoms with Gasteiger partial charge in [0.1, 0.15) is 5.82 Å². The number of benzene rings is 1. The van der Waals surface area contributed by atoms with E-state index >= 15 is 0 Å². The molecule has 0 saturated heterocycles. The van der Waals surface area contributed by atoms with Crippen LogP contribution in [0.4, 0.5) is 4.39 Å². The number of rotatable bonds is 1. The molecule has 0 aromatic heterocycles. The van der Waals surface area contributed by atoms with Gasteiger partial charge in [-0.3, -0.25) is 0 Å². The minimum Gasteiger partial charge on any atom is -0.206 e. The van der Waals surface area contributed by atoms with E-state index < -0.39 is 0 Å². The van der Waals surface area contributed by atoms with Crippen molar-refractivity contribution in [3.8, 4) is 0 Å². The monoisotopic (exact) mass is 318 g/mol. The van der Waals surface area contributed by atoms with Crippen molar-refractivity contribution in [3.05, 3.63) is 33.1 Å². The van der Waals surface area contributed by atoms with Crippen molar-refractivity contribution in [2.75, 3.05) is 0 Å². The van der Waals surface area contributed by atoms with Crippen molar-refractivity contribution in [1.82, 2.24) is 0 Å². The van der Waals surface area contributed by atoms with Crippen LogP contribution in [0.3, 0.4) is 0 Å². The number of hydrogen-bond acceptors (Lipinski definition) is 0. The molecule has 0 bridgehead atoms. The Labute approximate surface area is 104 Å². The summed E-state index contributed by atoms with van der Waals surface area (Å²) in [5.74, 6) is 1.44. The van der Waals surface area contributed by atoms with Crippen LogP contribution in [0, 0.1) is 15.3 Å². The van der Waals surface area contributed by atoms with Gasteiger partial charge < -0.3 is 0 Å². The summed E-state index contributed by atoms with van der Waals surface area (Å²) in [4.78, 5) is 0. The molecule has 1 fully saturated rings. The molecule has 1 aromatic rings. The largest absolute Gasteiger partial charge is 0.206 e. The summed E-state index contributed by atoms with van der Waals surface area (Å²) in [7, 11) is 0. The van der Waals surface area contributed by atoms with Crippen LogP contribution in [-0.2, 0) is 0 Å². The molecular formula is C13H16FI. The maximum atomic E-state index is 13.1. The van der Waals surface area contributed by atoms with Gasteiger partial charge in [0.2, 0.25) is 0 Å². The van der Waals surface area contributed by atoms with Gasteiger partial charge in [-0.05, 0) is 65.0 Å². The van der Waals surface area contributed by atoms with Gasteiger partial charge in [-0.25, -0.2) is 4.39 Å². The van der Waals surface area contributed by atoms with Gasteiger partial charge in [-0.1, -0.05) is 25.8 Å². The Kier molecular flexibility index (Phi) is 3.65. The summed E-state index contributed by atoms with van der Waals surface area (Å²) in [5, 5.41) is 0. The molecule has 1 aromatic carbocycles. The van der Waals surface area contributed by atoms with Crippen LogP contribution in [0.5, 0.6) is 0 Å². The average molecular weight is 318 g/mol. The molecule has 0 unspecified atom stereocenters. The Balaban J connectivity index is 2.12. The zero-order chi connectivity index (χ0) is 10.8. The molecule has 1 aliphatic rings. The molecule has 2 rings (SSSR count). The van der Waals surface area contributed by atoms with Crippen LogP contribution < -0.4 is 0 Å². The minimum absolute atomic E-state index is 0.0940. The fourth-order valence-corrected chi connectivity index (χ4v) is 2.90. The molecule has 1 saturated carbocycles. The Morgan fingerprint density at radius 1 is 1.20 bits per heavy atom. The SMILES string of the molecule is CC1CCC(c2ccc(F)c(I)c2)CC1. The van der Waals surface area contributed by atoms with Crippen LogP contribution >= 0.6 is 22.6 Å². The number of hydrogen-bond donors (Lipinski definition) is 0. The summed E-state index contributed by atoms with van der Waals surface area (Å²) in [5.41, 5.74) is 1.33. The zero-order valence-electron chi connectivity index (χ0n) is 8.97. The van der Waals surface area contributed by atoms with E-state index in [-0.39, 0.29) is 5.82 Å². The molecule has 0 N–H and O–H groups in total. The van der Waals surface area contributed by atoms with Gasteiger partial charge >= 0.3 is 0 Å². The summed E-state index contributed by atoms with van der Waals surface area (Å²) in [6, 6.07) is 5.57. The molecule has 0 aliphatic heterocycles. The topological polar surface area (TPSA) is 0 Å². The molecular weight excluding hydrogens is 302 g/mol. The highest BCUT2D eigenvalue weighted by molar-refractivity contribution is 14.1. The lowest BCUT2D eigenvalue weighted by molar-refractivity contribution is 0.347. The normalized spacial score (nSPS) is 26.6. The summed E-state index contributed by atoms with van der Waals surface area (Å²) in [6.45, 7) is 2.32. The molecule has 82 valence electrons. The molecule has 2 heteroatoms. The Morgan fingerprint density at radius 2 is 1.87 bits per heavy atom. The van der Waals surface area contributed by atoms with E-state index in [9.17, 15) is 4.39 Å². The second-order valence-electron chi connectivity index (χ2n) is 4.63. The predicted molar refractivity (Wildman–Crippen MR) is 69.5 cm³/mol. The fourth-order valence-electron chi connectivity index (χ4n) is 2.36. The van der Waals surface area contributed by atoms with Crippen molar-refractivity contribution in [1.29, 1.82) is 0 Å². The molecule has 0 heterocycles. The van der Waals surface area contributed by atoms with Gasteiger partial charge in [0.25, 0.3) is 0 Å². The van der Waals surface area contributed by atoms with Crippen molar-refractivity contribution >= 4 is 22.6 Å². The first-order valence-corrected chi connectivity index (χ1v) is 6.69. The van der Waals surface area contributed by atoms with Gasteiger partial charge in [0.05, 0.1) is 0 Å². The summed E-state index contributed by atoms with van der Waals surface area (Å²) >= 11 is 2.08. The first-order valence-electron chi connectivity index (χ1n) is 5.62. The maximum Gasteiger partial charge on any atom is 0.136 e. The first kappa shape index (κ1) is 11.4. The highest BCUT2D eigenvalue weighted by Crippen LogP contribution is 2.36. The van der Waals surface area contributed by atoms with Crippen LogP contribution in [0.1, 0.15) is 44.1 Å². The van der Waals surface area contributed by atoms with Crippen LogP contribution in [0.25, 0.3) is 0 Å². The van der Waals surface area contributed by atoms with Crippen molar-refractivity contribution < 1.29 is 4.39 Å². The third-order valence-electron chi connectivity index (χ3n) is 3.43. The highest BCUT2D eigenvalue weighted by Gasteiger charge is 2.20. The fraction of sp³-hybridized carbons (Fsp3) is 0.538. The van der Waals surface area contributed by atoms with Gasteiger partial charge in [0.15, 0.2) is 0 Å². The van der Waals surface area contributed by atoms with Crippen LogP contribution in [-0.4, -0.2) is 0 Å². The van der Waals surface area contributed by atoms with Crippen molar-refractivity contribution in [2.24, 2.45) is 5.92 Å². The lowest BCUT2D eigenvalue weighted by atomic mass is 9.79. The van der Waals surface area contributed by atoms with Crippen molar-refractivity contribution in [3.63, 3.8) is 0 Å². The van der Waals surface area contributed by atoms with E-state index in [1.165, 1.54) is 31.2 Å². The summed E-state index contributed by atoms with van der Waals surface area (Å²) < 4.78 is 13.9. The molecule has 0 atom stereocenters. The van der Waals surface area contributed by atoms with Gasteiger partial charge in [0, 0.05) is 3.57 Å². The molecule has 0 amide bonds. The minimum atomic E-state index is -0.0940. The lowest BCUT2D eigenvalue weighted by Crippen LogP contribution is -2.11. The van der Waals surface area contributed by atoms with E-state index in [0.717, 1.165) is 9.49 Å². The second kappa shape index (κ2) is 4.81. The van der Waals surface area contributed by atoms with Gasteiger partial charge in [-0.15, -0.1) is 0 Å². The van der Waals surface area contributed by atoms with Crippen molar-refractivity contribution in [2.45, 2.75) is 38.5 Å². The Bertz CT molecular complexity index is 340. The predicted octanol–water partition coefficient (Wildman–Crippen LogP) is 4.72. The third-order valence-corrected chi connectivity index (χ3v) is 4.26. The molecule has 0 radical (unpaired) electrons.